The molecule has 0 fully saturated rings. The van der Waals surface area contributed by atoms with Crippen LogP contribution in [0.15, 0.2) is 58.7 Å². The Hall–Kier alpha value is -1.95. The van der Waals surface area contributed by atoms with E-state index in [-0.39, 0.29) is 5.41 Å². The number of hydrogen-bond donors (Lipinski definition) is 4. The molecule has 5 nitrogen and oxygen atoms in total. The third kappa shape index (κ3) is 17.2. The summed E-state index contributed by atoms with van der Waals surface area (Å²) in [7, 11) is 0. The molecule has 0 saturated heterocycles. The molecule has 43 heavy (non-hydrogen) atoms. The van der Waals surface area contributed by atoms with Gasteiger partial charge in [-0.2, -0.15) is 0 Å². The standard InChI is InChI=1S/C38H65NO4/c1-7-8-9-10-11-12-13-14-15-16-17-18-24-35(41)37(43)34(29-40)39-36(42)28-31(3)22-19-21-30(2)25-26-33-32(4)23-20-27-38(33,5)6/h19,21-22,25-26,28,34-35,37,40-41,43H,7-18,20,23-24,27,29H2,1-6H3,(H,39,42)/b22-19+,26-25+,30-21+,31-28+/t34-,35-,37+/m0/s1. The number of nitrogens with one attached hydrogen (secondary N) is 1. The number of carbonyl (C=O) groups is 1. The fraction of sp³-hybridized carbons (Fsp3) is 0.711. The highest BCUT2D eigenvalue weighted by Crippen LogP contribution is 2.40. The number of rotatable bonds is 22. The molecule has 0 unspecified atom stereocenters. The molecule has 0 aromatic heterocycles. The summed E-state index contributed by atoms with van der Waals surface area (Å²) in [6.07, 6.45) is 28.4. The lowest BCUT2D eigenvalue weighted by Crippen LogP contribution is -2.50. The fourth-order valence-corrected chi connectivity index (χ4v) is 5.98. The van der Waals surface area contributed by atoms with Crippen molar-refractivity contribution in [2.45, 2.75) is 163 Å². The number of aliphatic hydroxyl groups excluding tert-OH is 3. The second-order valence-electron chi connectivity index (χ2n) is 13.5. The van der Waals surface area contributed by atoms with Crippen LogP contribution in [0.2, 0.25) is 0 Å². The molecular formula is C38H65NO4. The van der Waals surface area contributed by atoms with Crippen molar-refractivity contribution in [3.63, 3.8) is 0 Å². The van der Waals surface area contributed by atoms with E-state index in [0.717, 1.165) is 30.4 Å². The van der Waals surface area contributed by atoms with E-state index in [2.05, 4.69) is 52.1 Å². The van der Waals surface area contributed by atoms with E-state index in [1.807, 2.05) is 25.2 Å². The summed E-state index contributed by atoms with van der Waals surface area (Å²) in [5.41, 5.74) is 5.00. The Kier molecular flexibility index (Phi) is 20.5. The monoisotopic (exact) mass is 599 g/mol. The van der Waals surface area contributed by atoms with Gasteiger partial charge in [-0.1, -0.05) is 139 Å². The molecule has 0 aliphatic heterocycles. The molecule has 1 rings (SSSR count). The molecule has 0 aromatic carbocycles. The van der Waals surface area contributed by atoms with Crippen LogP contribution in [-0.4, -0.2) is 46.1 Å². The topological polar surface area (TPSA) is 89.8 Å². The molecule has 0 heterocycles. The summed E-state index contributed by atoms with van der Waals surface area (Å²) in [4.78, 5) is 12.5. The summed E-state index contributed by atoms with van der Waals surface area (Å²) in [6, 6.07) is -0.915. The van der Waals surface area contributed by atoms with Crippen LogP contribution in [0.1, 0.15) is 144 Å². The maximum absolute atomic E-state index is 12.5. The van der Waals surface area contributed by atoms with Gasteiger partial charge in [0.1, 0.15) is 6.10 Å². The Bertz CT molecular complexity index is 940. The second-order valence-corrected chi connectivity index (χ2v) is 13.5. The number of aliphatic hydroxyl groups is 3. The summed E-state index contributed by atoms with van der Waals surface area (Å²) in [5, 5.41) is 33.4. The van der Waals surface area contributed by atoms with E-state index >= 15 is 0 Å². The third-order valence-electron chi connectivity index (χ3n) is 8.82. The van der Waals surface area contributed by atoms with E-state index in [1.165, 1.54) is 94.3 Å². The smallest absolute Gasteiger partial charge is 0.244 e. The average molecular weight is 600 g/mol. The maximum Gasteiger partial charge on any atom is 0.244 e. The number of carbonyl (C=O) groups excluding carboxylic acids is 1. The first kappa shape index (κ1) is 39.1. The quantitative estimate of drug-likeness (QED) is 0.0569. The Balaban J connectivity index is 2.40. The van der Waals surface area contributed by atoms with Crippen LogP contribution in [0.25, 0.3) is 0 Å². The summed E-state index contributed by atoms with van der Waals surface area (Å²) < 4.78 is 0. The summed E-state index contributed by atoms with van der Waals surface area (Å²) in [6.45, 7) is 12.6. The first-order valence-electron chi connectivity index (χ1n) is 17.2. The van der Waals surface area contributed by atoms with Gasteiger partial charge in [0.25, 0.3) is 0 Å². The average Bonchev–Trinajstić information content (AvgIpc) is 2.95. The molecule has 5 heteroatoms. The Morgan fingerprint density at radius 3 is 2.05 bits per heavy atom. The van der Waals surface area contributed by atoms with Crippen molar-refractivity contribution in [1.82, 2.24) is 5.32 Å². The van der Waals surface area contributed by atoms with Crippen LogP contribution < -0.4 is 5.32 Å². The molecular weight excluding hydrogens is 534 g/mol. The van der Waals surface area contributed by atoms with Crippen LogP contribution in [0.3, 0.4) is 0 Å². The molecule has 0 spiro atoms. The predicted octanol–water partition coefficient (Wildman–Crippen LogP) is 8.81. The SMILES string of the molecule is CCCCCCCCCCCCCC[C@H](O)[C@H](O)[C@H](CO)NC(=O)/C=C(C)/C=C/C=C(C)/C=C/C1=C(C)CCCC1(C)C. The van der Waals surface area contributed by atoms with E-state index in [9.17, 15) is 20.1 Å². The van der Waals surface area contributed by atoms with Gasteiger partial charge in [0.2, 0.25) is 5.91 Å². The predicted molar refractivity (Wildman–Crippen MR) is 183 cm³/mol. The lowest BCUT2D eigenvalue weighted by atomic mass is 9.72. The normalized spacial score (nSPS) is 18.4. The first-order chi connectivity index (χ1) is 20.5. The van der Waals surface area contributed by atoms with E-state index in [1.54, 1.807) is 0 Å². The van der Waals surface area contributed by atoms with Gasteiger partial charge < -0.3 is 20.6 Å². The van der Waals surface area contributed by atoms with Crippen LogP contribution in [0, 0.1) is 5.41 Å². The molecule has 3 atom stereocenters. The second kappa shape index (κ2) is 22.5. The van der Waals surface area contributed by atoms with Crippen LogP contribution in [0.5, 0.6) is 0 Å². The van der Waals surface area contributed by atoms with Crippen LogP contribution in [-0.2, 0) is 4.79 Å². The van der Waals surface area contributed by atoms with Gasteiger partial charge in [-0.3, -0.25) is 4.79 Å². The van der Waals surface area contributed by atoms with Gasteiger partial charge >= 0.3 is 0 Å². The number of amides is 1. The van der Waals surface area contributed by atoms with E-state index in [0.29, 0.717) is 6.42 Å². The molecule has 1 aliphatic rings. The largest absolute Gasteiger partial charge is 0.394 e. The highest BCUT2D eigenvalue weighted by molar-refractivity contribution is 5.88. The number of allylic oxidation sites excluding steroid dienone is 9. The zero-order chi connectivity index (χ0) is 32.1. The molecule has 1 aliphatic carbocycles. The highest BCUT2D eigenvalue weighted by atomic mass is 16.3. The van der Waals surface area contributed by atoms with Gasteiger partial charge in [-0.05, 0) is 63.0 Å². The fourth-order valence-electron chi connectivity index (χ4n) is 5.98. The molecule has 0 aromatic rings. The third-order valence-corrected chi connectivity index (χ3v) is 8.82. The Morgan fingerprint density at radius 1 is 0.907 bits per heavy atom. The zero-order valence-corrected chi connectivity index (χ0v) is 28.5. The Labute approximate surface area is 264 Å². The van der Waals surface area contributed by atoms with Crippen molar-refractivity contribution >= 4 is 5.91 Å². The van der Waals surface area contributed by atoms with Gasteiger partial charge in [-0.15, -0.1) is 0 Å². The lowest BCUT2D eigenvalue weighted by Gasteiger charge is -2.32. The molecule has 246 valence electrons. The lowest BCUT2D eigenvalue weighted by molar-refractivity contribution is -0.119. The number of hydrogen-bond acceptors (Lipinski definition) is 4. The van der Waals surface area contributed by atoms with Crippen molar-refractivity contribution < 1.29 is 20.1 Å². The summed E-state index contributed by atoms with van der Waals surface area (Å²) in [5.74, 6) is -0.402. The zero-order valence-electron chi connectivity index (χ0n) is 28.5. The molecule has 0 saturated carbocycles. The molecule has 1 amide bonds. The minimum atomic E-state index is -1.21. The van der Waals surface area contributed by atoms with E-state index in [4.69, 9.17) is 0 Å². The minimum Gasteiger partial charge on any atom is -0.394 e. The summed E-state index contributed by atoms with van der Waals surface area (Å²) >= 11 is 0. The van der Waals surface area contributed by atoms with Crippen molar-refractivity contribution in [1.29, 1.82) is 0 Å². The van der Waals surface area contributed by atoms with Gasteiger partial charge in [0.15, 0.2) is 0 Å². The molecule has 4 N–H and O–H groups in total. The van der Waals surface area contributed by atoms with Crippen molar-refractivity contribution in [2.24, 2.45) is 5.41 Å². The van der Waals surface area contributed by atoms with E-state index < -0.39 is 30.8 Å². The van der Waals surface area contributed by atoms with Gasteiger partial charge in [0, 0.05) is 6.08 Å². The minimum absolute atomic E-state index is 0.212. The van der Waals surface area contributed by atoms with Gasteiger partial charge in [0.05, 0.1) is 18.8 Å². The number of unbranched alkanes of at least 4 members (excludes halogenated alkanes) is 11. The van der Waals surface area contributed by atoms with Crippen molar-refractivity contribution in [3.8, 4) is 0 Å². The highest BCUT2D eigenvalue weighted by Gasteiger charge is 2.27. The van der Waals surface area contributed by atoms with Crippen molar-refractivity contribution in [2.75, 3.05) is 6.61 Å². The van der Waals surface area contributed by atoms with Crippen LogP contribution >= 0.6 is 0 Å². The first-order valence-corrected chi connectivity index (χ1v) is 17.2. The van der Waals surface area contributed by atoms with Gasteiger partial charge in [-0.25, -0.2) is 0 Å². The Morgan fingerprint density at radius 2 is 1.49 bits per heavy atom. The molecule has 0 radical (unpaired) electrons. The van der Waals surface area contributed by atoms with Crippen LogP contribution in [0.4, 0.5) is 0 Å². The maximum atomic E-state index is 12.5. The molecule has 0 bridgehead atoms. The van der Waals surface area contributed by atoms with Crippen molar-refractivity contribution in [3.05, 3.63) is 58.7 Å².